The minimum absolute atomic E-state index is 0.000347. The summed E-state index contributed by atoms with van der Waals surface area (Å²) >= 11 is 0. The van der Waals surface area contributed by atoms with Crippen molar-refractivity contribution in [2.75, 3.05) is 0 Å². The molecule has 0 bridgehead atoms. The molecule has 0 aromatic carbocycles. The van der Waals surface area contributed by atoms with E-state index in [4.69, 9.17) is 0 Å². The molecule has 3 aliphatic rings. The van der Waals surface area contributed by atoms with Crippen LogP contribution in [-0.2, 0) is 9.59 Å². The van der Waals surface area contributed by atoms with Crippen molar-refractivity contribution in [2.24, 2.45) is 28.6 Å². The number of allylic oxidation sites excluding steroid dienone is 1. The van der Waals surface area contributed by atoms with Crippen molar-refractivity contribution in [3.63, 3.8) is 0 Å². The molecule has 3 aliphatic carbocycles. The lowest BCUT2D eigenvalue weighted by Gasteiger charge is -2.55. The summed E-state index contributed by atoms with van der Waals surface area (Å²) in [6.45, 7) is 3.96. The number of carboxylic acid groups (broad SMARTS) is 2. The molecule has 0 heterocycles. The predicted molar refractivity (Wildman–Crippen MR) is 68.5 cm³/mol. The maximum atomic E-state index is 11.5. The second-order valence-corrected chi connectivity index (χ2v) is 7.07. The number of carbonyl (C=O) groups is 2. The lowest BCUT2D eigenvalue weighted by atomic mass is 9.48. The number of aliphatic carboxylic acids is 2. The van der Waals surface area contributed by atoms with Gasteiger partial charge in [-0.3, -0.25) is 4.79 Å². The zero-order chi connectivity index (χ0) is 14.0. The topological polar surface area (TPSA) is 74.6 Å². The van der Waals surface area contributed by atoms with E-state index in [1.807, 2.05) is 6.08 Å². The van der Waals surface area contributed by atoms with Crippen LogP contribution in [0, 0.1) is 28.6 Å². The molecule has 4 heteroatoms. The summed E-state index contributed by atoms with van der Waals surface area (Å²) in [7, 11) is 0. The van der Waals surface area contributed by atoms with E-state index >= 15 is 0 Å². The summed E-state index contributed by atoms with van der Waals surface area (Å²) in [5.74, 6) is -0.989. The van der Waals surface area contributed by atoms with Gasteiger partial charge in [0.15, 0.2) is 0 Å². The normalized spacial score (nSPS) is 47.7. The standard InChI is InChI=1S/C15H20O4/c1-14(13(18)19)6-8-5-9(12(16)17)10-3-4-15(10,2)11(8)7-14/h5,8,10-11H,3-4,6-7H2,1-2H3,(H,16,17)(H,18,19). The molecular weight excluding hydrogens is 244 g/mol. The average Bonchev–Trinajstić information content (AvgIpc) is 2.64. The van der Waals surface area contributed by atoms with Gasteiger partial charge in [-0.1, -0.05) is 13.0 Å². The number of hydrogen-bond donors (Lipinski definition) is 2. The van der Waals surface area contributed by atoms with Gasteiger partial charge in [0.25, 0.3) is 0 Å². The Morgan fingerprint density at radius 3 is 2.42 bits per heavy atom. The van der Waals surface area contributed by atoms with E-state index in [2.05, 4.69) is 6.92 Å². The first-order valence-corrected chi connectivity index (χ1v) is 6.96. The van der Waals surface area contributed by atoms with Gasteiger partial charge in [0, 0.05) is 5.57 Å². The molecule has 0 spiro atoms. The molecule has 19 heavy (non-hydrogen) atoms. The van der Waals surface area contributed by atoms with Crippen molar-refractivity contribution in [3.05, 3.63) is 11.6 Å². The smallest absolute Gasteiger partial charge is 0.331 e. The van der Waals surface area contributed by atoms with Gasteiger partial charge in [-0.05, 0) is 55.8 Å². The van der Waals surface area contributed by atoms with Gasteiger partial charge in [0.05, 0.1) is 5.41 Å². The third-order valence-corrected chi connectivity index (χ3v) is 6.02. The largest absolute Gasteiger partial charge is 0.481 e. The highest BCUT2D eigenvalue weighted by atomic mass is 16.4. The van der Waals surface area contributed by atoms with E-state index in [0.29, 0.717) is 24.3 Å². The van der Waals surface area contributed by atoms with E-state index in [1.54, 1.807) is 6.92 Å². The molecule has 3 rings (SSSR count). The number of fused-ring (bicyclic) bond motifs is 3. The summed E-state index contributed by atoms with van der Waals surface area (Å²) in [6.07, 6.45) is 5.09. The van der Waals surface area contributed by atoms with Crippen molar-refractivity contribution in [3.8, 4) is 0 Å². The monoisotopic (exact) mass is 264 g/mol. The third kappa shape index (κ3) is 1.52. The van der Waals surface area contributed by atoms with Gasteiger partial charge in [-0.25, -0.2) is 4.79 Å². The van der Waals surface area contributed by atoms with E-state index in [1.165, 1.54) is 0 Å². The van der Waals surface area contributed by atoms with Crippen molar-refractivity contribution >= 4 is 11.9 Å². The van der Waals surface area contributed by atoms with Crippen LogP contribution >= 0.6 is 0 Å². The lowest BCUT2D eigenvalue weighted by Crippen LogP contribution is -2.49. The zero-order valence-electron chi connectivity index (χ0n) is 11.3. The third-order valence-electron chi connectivity index (χ3n) is 6.02. The molecule has 0 aliphatic heterocycles. The van der Waals surface area contributed by atoms with Gasteiger partial charge in [0.1, 0.15) is 0 Å². The van der Waals surface area contributed by atoms with Crippen molar-refractivity contribution < 1.29 is 19.8 Å². The molecule has 5 atom stereocenters. The van der Waals surface area contributed by atoms with Crippen molar-refractivity contribution in [2.45, 2.75) is 39.5 Å². The van der Waals surface area contributed by atoms with E-state index in [0.717, 1.165) is 12.8 Å². The first-order chi connectivity index (χ1) is 8.78. The van der Waals surface area contributed by atoms with Gasteiger partial charge < -0.3 is 10.2 Å². The summed E-state index contributed by atoms with van der Waals surface area (Å²) in [6, 6.07) is 0. The van der Waals surface area contributed by atoms with Crippen LogP contribution in [0.4, 0.5) is 0 Å². The molecule has 2 saturated carbocycles. The molecule has 0 radical (unpaired) electrons. The fourth-order valence-corrected chi connectivity index (χ4v) is 4.72. The van der Waals surface area contributed by atoms with Crippen LogP contribution in [0.15, 0.2) is 11.6 Å². The zero-order valence-corrected chi connectivity index (χ0v) is 11.3. The highest BCUT2D eigenvalue weighted by Crippen LogP contribution is 2.66. The highest BCUT2D eigenvalue weighted by Gasteiger charge is 2.61. The minimum atomic E-state index is -0.821. The molecule has 2 fully saturated rings. The average molecular weight is 264 g/mol. The van der Waals surface area contributed by atoms with E-state index in [9.17, 15) is 19.8 Å². The quantitative estimate of drug-likeness (QED) is 0.803. The number of hydrogen-bond acceptors (Lipinski definition) is 2. The van der Waals surface area contributed by atoms with Crippen LogP contribution in [-0.4, -0.2) is 22.2 Å². The Hall–Kier alpha value is -1.32. The van der Waals surface area contributed by atoms with E-state index in [-0.39, 0.29) is 17.3 Å². The summed E-state index contributed by atoms with van der Waals surface area (Å²) in [5.41, 5.74) is -0.159. The molecule has 5 unspecified atom stereocenters. The molecule has 104 valence electrons. The molecule has 0 aromatic rings. The Balaban J connectivity index is 2.00. The van der Waals surface area contributed by atoms with Crippen LogP contribution in [0.3, 0.4) is 0 Å². The Morgan fingerprint density at radius 2 is 1.95 bits per heavy atom. The fourth-order valence-electron chi connectivity index (χ4n) is 4.72. The van der Waals surface area contributed by atoms with Crippen LogP contribution < -0.4 is 0 Å². The second kappa shape index (κ2) is 3.62. The highest BCUT2D eigenvalue weighted by molar-refractivity contribution is 5.88. The summed E-state index contributed by atoms with van der Waals surface area (Å²) < 4.78 is 0. The SMILES string of the molecule is CC1(C(=O)O)CC2C=C(C(=O)O)C3CCC3(C)C2C1. The van der Waals surface area contributed by atoms with Crippen LogP contribution in [0.25, 0.3) is 0 Å². The molecule has 0 aromatic heterocycles. The Kier molecular flexibility index (Phi) is 2.42. The molecule has 4 nitrogen and oxygen atoms in total. The van der Waals surface area contributed by atoms with Gasteiger partial charge in [-0.2, -0.15) is 0 Å². The maximum absolute atomic E-state index is 11.5. The maximum Gasteiger partial charge on any atom is 0.331 e. The van der Waals surface area contributed by atoms with Crippen LogP contribution in [0.1, 0.15) is 39.5 Å². The van der Waals surface area contributed by atoms with E-state index < -0.39 is 17.4 Å². The number of rotatable bonds is 2. The second-order valence-electron chi connectivity index (χ2n) is 7.07. The predicted octanol–water partition coefficient (Wildman–Crippen LogP) is 2.54. The van der Waals surface area contributed by atoms with Gasteiger partial charge >= 0.3 is 11.9 Å². The molecule has 0 amide bonds. The molecular formula is C15H20O4. The van der Waals surface area contributed by atoms with Crippen LogP contribution in [0.2, 0.25) is 0 Å². The Labute approximate surface area is 112 Å². The van der Waals surface area contributed by atoms with Gasteiger partial charge in [-0.15, -0.1) is 0 Å². The Bertz CT molecular complexity index is 494. The Morgan fingerprint density at radius 1 is 1.26 bits per heavy atom. The first kappa shape index (κ1) is 12.7. The molecule has 2 N–H and O–H groups in total. The van der Waals surface area contributed by atoms with Gasteiger partial charge in [0.2, 0.25) is 0 Å². The van der Waals surface area contributed by atoms with Crippen molar-refractivity contribution in [1.29, 1.82) is 0 Å². The minimum Gasteiger partial charge on any atom is -0.481 e. The molecule has 0 saturated heterocycles. The first-order valence-electron chi connectivity index (χ1n) is 6.96. The summed E-state index contributed by atoms with van der Waals surface area (Å²) in [4.78, 5) is 22.8. The van der Waals surface area contributed by atoms with Crippen molar-refractivity contribution in [1.82, 2.24) is 0 Å². The lowest BCUT2D eigenvalue weighted by molar-refractivity contribution is -0.148. The fraction of sp³-hybridized carbons (Fsp3) is 0.733. The summed E-state index contributed by atoms with van der Waals surface area (Å²) in [5, 5.41) is 18.8. The number of carboxylic acids is 2. The van der Waals surface area contributed by atoms with Crippen LogP contribution in [0.5, 0.6) is 0 Å².